The Morgan fingerprint density at radius 3 is 3.00 bits per heavy atom. The first-order chi connectivity index (χ1) is 9.13. The number of nitrogens with one attached hydrogen (secondary N) is 1. The topological polar surface area (TPSA) is 55.1 Å². The van der Waals surface area contributed by atoms with Crippen molar-refractivity contribution in [3.8, 4) is 0 Å². The quantitative estimate of drug-likeness (QED) is 0.795. The maximum absolute atomic E-state index is 4.49. The van der Waals surface area contributed by atoms with E-state index in [0.717, 1.165) is 26.8 Å². The molecule has 3 aromatic rings. The lowest BCUT2D eigenvalue weighted by molar-refractivity contribution is 0.852. The highest BCUT2D eigenvalue weighted by molar-refractivity contribution is 9.10. The second-order valence-corrected chi connectivity index (χ2v) is 5.97. The minimum Gasteiger partial charge on any atom is -0.358 e. The van der Waals surface area contributed by atoms with Crippen molar-refractivity contribution in [2.24, 2.45) is 0 Å². The predicted octanol–water partition coefficient (Wildman–Crippen LogP) is 3.43. The van der Waals surface area contributed by atoms with Crippen molar-refractivity contribution >= 4 is 38.7 Å². The number of aryl methyl sites for hydroxylation is 1. The van der Waals surface area contributed by atoms with Crippen LogP contribution in [0.25, 0.3) is 5.65 Å². The molecule has 98 valence electrons. The smallest absolute Gasteiger partial charge is 0.180 e. The third-order valence-electron chi connectivity index (χ3n) is 2.71. The monoisotopic (exact) mass is 337 g/mol. The van der Waals surface area contributed by atoms with Crippen molar-refractivity contribution in [2.45, 2.75) is 19.9 Å². The lowest BCUT2D eigenvalue weighted by Gasteiger charge is -2.12. The number of rotatable bonds is 3. The molecule has 0 spiro atoms. The van der Waals surface area contributed by atoms with E-state index in [2.05, 4.69) is 43.1 Å². The van der Waals surface area contributed by atoms with E-state index in [9.17, 15) is 0 Å². The van der Waals surface area contributed by atoms with Gasteiger partial charge in [0.2, 0.25) is 0 Å². The van der Waals surface area contributed by atoms with Crippen molar-refractivity contribution in [1.82, 2.24) is 19.4 Å². The lowest BCUT2D eigenvalue weighted by Crippen LogP contribution is -2.09. The molecule has 0 aliphatic carbocycles. The van der Waals surface area contributed by atoms with Crippen LogP contribution in [0.4, 0.5) is 5.82 Å². The summed E-state index contributed by atoms with van der Waals surface area (Å²) in [4.78, 5) is 13.2. The number of hydrogen-bond donors (Lipinski definition) is 1. The van der Waals surface area contributed by atoms with E-state index in [1.807, 2.05) is 29.1 Å². The van der Waals surface area contributed by atoms with Crippen LogP contribution >= 0.6 is 27.3 Å². The van der Waals surface area contributed by atoms with Gasteiger partial charge in [0.1, 0.15) is 9.61 Å². The van der Waals surface area contributed by atoms with Crippen LogP contribution in [0.5, 0.6) is 0 Å². The maximum Gasteiger partial charge on any atom is 0.180 e. The van der Waals surface area contributed by atoms with E-state index in [-0.39, 0.29) is 6.04 Å². The Morgan fingerprint density at radius 1 is 1.42 bits per heavy atom. The summed E-state index contributed by atoms with van der Waals surface area (Å²) in [6.07, 6.45) is 5.53. The molecule has 0 bridgehead atoms. The molecule has 0 saturated carbocycles. The highest BCUT2D eigenvalue weighted by atomic mass is 79.9. The van der Waals surface area contributed by atoms with Gasteiger partial charge in [-0.25, -0.2) is 15.0 Å². The van der Waals surface area contributed by atoms with Crippen LogP contribution in [0.1, 0.15) is 23.7 Å². The molecule has 0 fully saturated rings. The van der Waals surface area contributed by atoms with Crippen molar-refractivity contribution in [1.29, 1.82) is 0 Å². The minimum absolute atomic E-state index is 0.0981. The zero-order chi connectivity index (χ0) is 13.4. The Kier molecular flexibility index (Phi) is 3.24. The van der Waals surface area contributed by atoms with E-state index in [0.29, 0.717) is 0 Å². The average Bonchev–Trinajstić information content (AvgIpc) is 2.97. The summed E-state index contributed by atoms with van der Waals surface area (Å²) < 4.78 is 2.70. The SMILES string of the molecule is Cc1csc(C(C)Nc2nc(Br)cn3ccnc23)n1. The van der Waals surface area contributed by atoms with Crippen molar-refractivity contribution in [3.05, 3.63) is 39.3 Å². The molecule has 0 aliphatic heterocycles. The van der Waals surface area contributed by atoms with Gasteiger partial charge in [-0.1, -0.05) is 0 Å². The van der Waals surface area contributed by atoms with E-state index in [1.165, 1.54) is 0 Å². The van der Waals surface area contributed by atoms with Gasteiger partial charge in [0.05, 0.1) is 6.04 Å². The van der Waals surface area contributed by atoms with E-state index in [4.69, 9.17) is 0 Å². The Bertz CT molecular complexity index is 720. The molecule has 1 N–H and O–H groups in total. The first kappa shape index (κ1) is 12.6. The average molecular weight is 338 g/mol. The van der Waals surface area contributed by atoms with Gasteiger partial charge >= 0.3 is 0 Å². The largest absolute Gasteiger partial charge is 0.358 e. The summed E-state index contributed by atoms with van der Waals surface area (Å²) >= 11 is 5.05. The lowest BCUT2D eigenvalue weighted by atomic mass is 10.3. The van der Waals surface area contributed by atoms with Crippen LogP contribution in [0.15, 0.2) is 28.6 Å². The summed E-state index contributed by atoms with van der Waals surface area (Å²) in [5, 5.41) is 6.46. The fourth-order valence-corrected chi connectivity index (χ4v) is 3.04. The van der Waals surface area contributed by atoms with E-state index >= 15 is 0 Å². The Morgan fingerprint density at radius 2 is 2.26 bits per heavy atom. The van der Waals surface area contributed by atoms with Gasteiger partial charge in [-0.2, -0.15) is 0 Å². The number of halogens is 1. The first-order valence-corrected chi connectivity index (χ1v) is 7.48. The fraction of sp³-hybridized carbons (Fsp3) is 0.250. The van der Waals surface area contributed by atoms with Crippen LogP contribution in [0.2, 0.25) is 0 Å². The summed E-state index contributed by atoms with van der Waals surface area (Å²) in [6, 6.07) is 0.0981. The Labute approximate surface area is 122 Å². The van der Waals surface area contributed by atoms with E-state index in [1.54, 1.807) is 17.5 Å². The molecule has 0 amide bonds. The molecule has 0 aromatic carbocycles. The van der Waals surface area contributed by atoms with Crippen LogP contribution in [-0.2, 0) is 0 Å². The van der Waals surface area contributed by atoms with Crippen molar-refractivity contribution < 1.29 is 0 Å². The molecule has 5 nitrogen and oxygen atoms in total. The van der Waals surface area contributed by atoms with Crippen LogP contribution < -0.4 is 5.32 Å². The molecule has 3 heterocycles. The zero-order valence-electron chi connectivity index (χ0n) is 10.5. The molecule has 7 heteroatoms. The Balaban J connectivity index is 1.94. The molecule has 0 aliphatic rings. The van der Waals surface area contributed by atoms with Gasteiger partial charge < -0.3 is 9.72 Å². The molecular weight excluding hydrogens is 326 g/mol. The van der Waals surface area contributed by atoms with Gasteiger partial charge in [-0.3, -0.25) is 0 Å². The summed E-state index contributed by atoms with van der Waals surface area (Å²) in [7, 11) is 0. The molecule has 3 rings (SSSR count). The first-order valence-electron chi connectivity index (χ1n) is 5.81. The van der Waals surface area contributed by atoms with Gasteiger partial charge in [-0.15, -0.1) is 11.3 Å². The third kappa shape index (κ3) is 2.48. The second kappa shape index (κ2) is 4.90. The summed E-state index contributed by atoms with van der Waals surface area (Å²) in [6.45, 7) is 4.07. The molecule has 0 saturated heterocycles. The minimum atomic E-state index is 0.0981. The molecule has 19 heavy (non-hydrogen) atoms. The standard InChI is InChI=1S/C12H12BrN5S/c1-7-6-19-12(15-7)8(2)16-10-11-14-3-4-18(11)5-9(13)17-10/h3-6,8H,1-2H3,(H,16,17). The molecule has 1 unspecified atom stereocenters. The highest BCUT2D eigenvalue weighted by Crippen LogP contribution is 2.24. The maximum atomic E-state index is 4.49. The summed E-state index contributed by atoms with van der Waals surface area (Å²) in [5.74, 6) is 0.750. The fourth-order valence-electron chi connectivity index (χ4n) is 1.84. The molecule has 0 radical (unpaired) electrons. The number of imidazole rings is 1. The highest BCUT2D eigenvalue weighted by Gasteiger charge is 2.13. The van der Waals surface area contributed by atoms with E-state index < -0.39 is 0 Å². The van der Waals surface area contributed by atoms with Gasteiger partial charge in [0, 0.05) is 29.7 Å². The molecule has 1 atom stereocenters. The van der Waals surface area contributed by atoms with Gasteiger partial charge in [-0.05, 0) is 29.8 Å². The number of nitrogens with zero attached hydrogens (tertiary/aromatic N) is 4. The van der Waals surface area contributed by atoms with Gasteiger partial charge in [0.15, 0.2) is 11.5 Å². The number of fused-ring (bicyclic) bond motifs is 1. The summed E-state index contributed by atoms with van der Waals surface area (Å²) in [5.41, 5.74) is 1.85. The number of anilines is 1. The Hall–Kier alpha value is -1.47. The molecular formula is C12H12BrN5S. The third-order valence-corrected chi connectivity index (χ3v) is 4.23. The van der Waals surface area contributed by atoms with Gasteiger partial charge in [0.25, 0.3) is 0 Å². The molecule has 3 aromatic heterocycles. The predicted molar refractivity (Wildman–Crippen MR) is 79.6 cm³/mol. The normalized spacial score (nSPS) is 12.8. The zero-order valence-corrected chi connectivity index (χ0v) is 12.9. The van der Waals surface area contributed by atoms with Crippen molar-refractivity contribution in [3.63, 3.8) is 0 Å². The second-order valence-electron chi connectivity index (χ2n) is 4.26. The van der Waals surface area contributed by atoms with Crippen molar-refractivity contribution in [2.75, 3.05) is 5.32 Å². The number of hydrogen-bond acceptors (Lipinski definition) is 5. The number of aromatic nitrogens is 4. The number of thiazole rings is 1. The van der Waals surface area contributed by atoms with Crippen LogP contribution in [0, 0.1) is 6.92 Å². The van der Waals surface area contributed by atoms with Crippen LogP contribution in [0.3, 0.4) is 0 Å². The van der Waals surface area contributed by atoms with Crippen LogP contribution in [-0.4, -0.2) is 19.4 Å².